The molecule has 3 rings (SSSR count). The Kier molecular flexibility index (Phi) is 8.83. The third kappa shape index (κ3) is 7.05. The summed E-state index contributed by atoms with van der Waals surface area (Å²) in [6.07, 6.45) is 5.61. The van der Waals surface area contributed by atoms with E-state index in [9.17, 15) is 0 Å². The van der Waals surface area contributed by atoms with E-state index < -0.39 is 0 Å². The first kappa shape index (κ1) is 21.0. The SMILES string of the molecule is CCNC(=NCc1cccc(Cn2ccnc2)c1)NCc1ccccc1.I. The molecule has 1 aromatic heterocycles. The molecule has 0 fully saturated rings. The monoisotopic (exact) mass is 475 g/mol. The van der Waals surface area contributed by atoms with E-state index in [0.29, 0.717) is 6.54 Å². The van der Waals surface area contributed by atoms with E-state index in [2.05, 4.69) is 63.5 Å². The standard InChI is InChI=1S/C21H25N5.HI/c1-2-23-21(24-14-18-7-4-3-5-8-18)25-15-19-9-6-10-20(13-19)16-26-12-11-22-17-26;/h3-13,17H,2,14-16H2,1H3,(H2,23,24,25);1H. The minimum Gasteiger partial charge on any atom is -0.357 e. The van der Waals surface area contributed by atoms with Gasteiger partial charge in [0.25, 0.3) is 0 Å². The topological polar surface area (TPSA) is 54.2 Å². The van der Waals surface area contributed by atoms with Crippen molar-refractivity contribution in [1.82, 2.24) is 20.2 Å². The summed E-state index contributed by atoms with van der Waals surface area (Å²) in [6, 6.07) is 18.9. The predicted molar refractivity (Wildman–Crippen MR) is 121 cm³/mol. The lowest BCUT2D eigenvalue weighted by Crippen LogP contribution is -2.36. The average Bonchev–Trinajstić information content (AvgIpc) is 3.18. The van der Waals surface area contributed by atoms with Crippen LogP contribution in [0.1, 0.15) is 23.6 Å². The van der Waals surface area contributed by atoms with Crippen molar-refractivity contribution in [3.8, 4) is 0 Å². The van der Waals surface area contributed by atoms with E-state index in [1.54, 1.807) is 6.20 Å². The van der Waals surface area contributed by atoms with Gasteiger partial charge in [-0.05, 0) is 23.6 Å². The molecule has 0 aliphatic rings. The summed E-state index contributed by atoms with van der Waals surface area (Å²) in [7, 11) is 0. The molecule has 0 unspecified atom stereocenters. The summed E-state index contributed by atoms with van der Waals surface area (Å²) < 4.78 is 2.06. The van der Waals surface area contributed by atoms with Gasteiger partial charge in [0, 0.05) is 32.0 Å². The van der Waals surface area contributed by atoms with Gasteiger partial charge in [-0.2, -0.15) is 0 Å². The highest BCUT2D eigenvalue weighted by Gasteiger charge is 2.00. The molecule has 3 aromatic rings. The molecule has 0 aliphatic carbocycles. The fourth-order valence-corrected chi connectivity index (χ4v) is 2.71. The van der Waals surface area contributed by atoms with Crippen molar-refractivity contribution < 1.29 is 0 Å². The van der Waals surface area contributed by atoms with Crippen LogP contribution >= 0.6 is 24.0 Å². The average molecular weight is 475 g/mol. The Labute approximate surface area is 178 Å². The Hall–Kier alpha value is -2.35. The van der Waals surface area contributed by atoms with E-state index >= 15 is 0 Å². The first-order valence-electron chi connectivity index (χ1n) is 8.93. The summed E-state index contributed by atoms with van der Waals surface area (Å²) in [5.74, 6) is 0.830. The highest BCUT2D eigenvalue weighted by molar-refractivity contribution is 14.0. The summed E-state index contributed by atoms with van der Waals surface area (Å²) in [5.41, 5.74) is 3.68. The summed E-state index contributed by atoms with van der Waals surface area (Å²) in [5, 5.41) is 6.69. The molecule has 0 atom stereocenters. The first-order valence-corrected chi connectivity index (χ1v) is 8.93. The van der Waals surface area contributed by atoms with Crippen LogP contribution in [0, 0.1) is 0 Å². The molecule has 0 saturated carbocycles. The van der Waals surface area contributed by atoms with Crippen molar-refractivity contribution in [3.05, 3.63) is 90.0 Å². The van der Waals surface area contributed by atoms with E-state index in [1.807, 2.05) is 30.7 Å². The number of halogens is 1. The molecule has 0 radical (unpaired) electrons. The second kappa shape index (κ2) is 11.4. The van der Waals surface area contributed by atoms with Crippen LogP contribution in [0.4, 0.5) is 0 Å². The number of imidazole rings is 1. The van der Waals surface area contributed by atoms with Crippen LogP contribution in [0.5, 0.6) is 0 Å². The van der Waals surface area contributed by atoms with Crippen molar-refractivity contribution in [2.24, 2.45) is 4.99 Å². The maximum Gasteiger partial charge on any atom is 0.191 e. The number of nitrogens with zero attached hydrogens (tertiary/aromatic N) is 3. The third-order valence-corrected chi connectivity index (χ3v) is 3.98. The fraction of sp³-hybridized carbons (Fsp3) is 0.238. The smallest absolute Gasteiger partial charge is 0.191 e. The second-order valence-corrected chi connectivity index (χ2v) is 6.09. The van der Waals surface area contributed by atoms with Gasteiger partial charge in [0.1, 0.15) is 0 Å². The van der Waals surface area contributed by atoms with Crippen LogP contribution in [0.2, 0.25) is 0 Å². The molecule has 5 nitrogen and oxygen atoms in total. The Bertz CT molecular complexity index is 816. The Balaban J connectivity index is 0.00000261. The Morgan fingerprint density at radius 1 is 1.00 bits per heavy atom. The Morgan fingerprint density at radius 3 is 2.52 bits per heavy atom. The number of rotatable bonds is 7. The molecule has 27 heavy (non-hydrogen) atoms. The minimum atomic E-state index is 0. The molecule has 0 saturated heterocycles. The van der Waals surface area contributed by atoms with E-state index in [1.165, 1.54) is 16.7 Å². The van der Waals surface area contributed by atoms with Gasteiger partial charge >= 0.3 is 0 Å². The molecule has 1 heterocycles. The molecule has 2 N–H and O–H groups in total. The maximum absolute atomic E-state index is 4.71. The van der Waals surface area contributed by atoms with Crippen molar-refractivity contribution in [3.63, 3.8) is 0 Å². The molecule has 6 heteroatoms. The molecule has 0 aliphatic heterocycles. The van der Waals surface area contributed by atoms with Gasteiger partial charge in [-0.15, -0.1) is 24.0 Å². The molecular weight excluding hydrogens is 449 g/mol. The number of aliphatic imine (C=N–C) groups is 1. The molecule has 0 amide bonds. The second-order valence-electron chi connectivity index (χ2n) is 6.09. The predicted octanol–water partition coefficient (Wildman–Crippen LogP) is 3.80. The lowest BCUT2D eigenvalue weighted by Gasteiger charge is -2.11. The van der Waals surface area contributed by atoms with Crippen molar-refractivity contribution in [2.45, 2.75) is 26.6 Å². The minimum absolute atomic E-state index is 0. The Morgan fingerprint density at radius 2 is 1.78 bits per heavy atom. The normalized spacial score (nSPS) is 10.9. The number of hydrogen-bond donors (Lipinski definition) is 2. The van der Waals surface area contributed by atoms with Crippen LogP contribution < -0.4 is 10.6 Å². The van der Waals surface area contributed by atoms with Crippen molar-refractivity contribution in [2.75, 3.05) is 6.54 Å². The van der Waals surface area contributed by atoms with Crippen molar-refractivity contribution >= 4 is 29.9 Å². The quantitative estimate of drug-likeness (QED) is 0.311. The van der Waals surface area contributed by atoms with Gasteiger partial charge in [-0.25, -0.2) is 9.98 Å². The van der Waals surface area contributed by atoms with Crippen LogP contribution in [-0.4, -0.2) is 22.1 Å². The zero-order chi connectivity index (χ0) is 18.0. The maximum atomic E-state index is 4.71. The van der Waals surface area contributed by atoms with Crippen LogP contribution in [0.25, 0.3) is 0 Å². The van der Waals surface area contributed by atoms with Gasteiger partial charge in [-0.3, -0.25) is 0 Å². The van der Waals surface area contributed by atoms with Crippen LogP contribution in [0.3, 0.4) is 0 Å². The van der Waals surface area contributed by atoms with Gasteiger partial charge < -0.3 is 15.2 Å². The van der Waals surface area contributed by atoms with Crippen LogP contribution in [-0.2, 0) is 19.6 Å². The number of guanidine groups is 1. The zero-order valence-corrected chi connectivity index (χ0v) is 17.8. The van der Waals surface area contributed by atoms with Gasteiger partial charge in [0.2, 0.25) is 0 Å². The lowest BCUT2D eigenvalue weighted by atomic mass is 10.1. The molecular formula is C21H26IN5. The summed E-state index contributed by atoms with van der Waals surface area (Å²) >= 11 is 0. The highest BCUT2D eigenvalue weighted by atomic mass is 127. The molecule has 0 spiro atoms. The van der Waals surface area contributed by atoms with Crippen molar-refractivity contribution in [1.29, 1.82) is 0 Å². The highest BCUT2D eigenvalue weighted by Crippen LogP contribution is 2.08. The number of hydrogen-bond acceptors (Lipinski definition) is 2. The number of benzene rings is 2. The summed E-state index contributed by atoms with van der Waals surface area (Å²) in [4.78, 5) is 8.80. The third-order valence-electron chi connectivity index (χ3n) is 3.98. The molecule has 0 bridgehead atoms. The van der Waals surface area contributed by atoms with E-state index in [4.69, 9.17) is 4.99 Å². The fourth-order valence-electron chi connectivity index (χ4n) is 2.71. The van der Waals surface area contributed by atoms with Crippen LogP contribution in [0.15, 0.2) is 78.3 Å². The molecule has 2 aromatic carbocycles. The molecule has 142 valence electrons. The first-order chi connectivity index (χ1) is 12.8. The number of nitrogens with one attached hydrogen (secondary N) is 2. The number of aromatic nitrogens is 2. The van der Waals surface area contributed by atoms with Gasteiger partial charge in [0.05, 0.1) is 12.9 Å². The van der Waals surface area contributed by atoms with Gasteiger partial charge in [0.15, 0.2) is 5.96 Å². The lowest BCUT2D eigenvalue weighted by molar-refractivity contribution is 0.793. The largest absolute Gasteiger partial charge is 0.357 e. The van der Waals surface area contributed by atoms with E-state index in [-0.39, 0.29) is 24.0 Å². The zero-order valence-electron chi connectivity index (χ0n) is 15.5. The summed E-state index contributed by atoms with van der Waals surface area (Å²) in [6.45, 7) is 5.13. The van der Waals surface area contributed by atoms with Gasteiger partial charge in [-0.1, -0.05) is 54.6 Å². The van der Waals surface area contributed by atoms with E-state index in [0.717, 1.165) is 25.6 Å².